The predicted octanol–water partition coefficient (Wildman–Crippen LogP) is 3.62. The number of aromatic nitrogens is 1. The Bertz CT molecular complexity index is 1010. The van der Waals surface area contributed by atoms with Crippen LogP contribution in [0.3, 0.4) is 0 Å². The molecule has 4 rings (SSSR count). The summed E-state index contributed by atoms with van der Waals surface area (Å²) in [5.41, 5.74) is 4.17. The van der Waals surface area contributed by atoms with E-state index in [0.29, 0.717) is 5.89 Å². The molecule has 1 aliphatic carbocycles. The number of hydrogen-bond donors (Lipinski definition) is 1. The number of nitrogens with zero attached hydrogens (tertiary/aromatic N) is 1. The van der Waals surface area contributed by atoms with Crippen molar-refractivity contribution in [2.75, 3.05) is 0 Å². The molecule has 1 aliphatic rings. The molecule has 1 N–H and O–H groups in total. The van der Waals surface area contributed by atoms with Crippen LogP contribution in [-0.4, -0.2) is 13.4 Å². The number of rotatable bonds is 4. The van der Waals surface area contributed by atoms with E-state index in [1.54, 1.807) is 0 Å². The van der Waals surface area contributed by atoms with Crippen LogP contribution in [0.25, 0.3) is 11.5 Å². The highest BCUT2D eigenvalue weighted by molar-refractivity contribution is 7.89. The zero-order valence-electron chi connectivity index (χ0n) is 13.8. The summed E-state index contributed by atoms with van der Waals surface area (Å²) in [4.78, 5) is 4.10. The first-order chi connectivity index (χ1) is 12.0. The van der Waals surface area contributed by atoms with Crippen LogP contribution in [0.2, 0.25) is 0 Å². The normalized spacial score (nSPS) is 16.8. The summed E-state index contributed by atoms with van der Waals surface area (Å²) in [7, 11) is -3.76. The van der Waals surface area contributed by atoms with Crippen LogP contribution in [0.4, 0.5) is 0 Å². The lowest BCUT2D eigenvalue weighted by atomic mass is 10.1. The molecular weight excluding hydrogens is 336 g/mol. The van der Waals surface area contributed by atoms with E-state index in [4.69, 9.17) is 4.42 Å². The van der Waals surface area contributed by atoms with Gasteiger partial charge >= 0.3 is 0 Å². The average Bonchev–Trinajstić information content (AvgIpc) is 3.23. The van der Waals surface area contributed by atoms with Crippen LogP contribution in [0.15, 0.2) is 64.2 Å². The molecule has 25 heavy (non-hydrogen) atoms. The standard InChI is InChI=1S/C19H18N2O3S/c1-13-7-9-16-15(11-13)8-10-17(16)21-25(22,23)18-12-20-19(24-18)14-5-3-2-4-6-14/h2-7,9,11-12,17,21H,8,10H2,1H3. The Morgan fingerprint density at radius 1 is 1.16 bits per heavy atom. The SMILES string of the molecule is Cc1ccc2c(c1)CCC2NS(=O)(=O)c1cnc(-c2ccccc2)o1. The van der Waals surface area contributed by atoms with E-state index in [1.165, 1.54) is 17.3 Å². The maximum atomic E-state index is 12.7. The fourth-order valence-electron chi connectivity index (χ4n) is 3.21. The molecule has 0 spiro atoms. The molecular formula is C19H18N2O3S. The van der Waals surface area contributed by atoms with E-state index in [1.807, 2.05) is 49.4 Å². The molecule has 0 amide bonds. The maximum Gasteiger partial charge on any atom is 0.276 e. The van der Waals surface area contributed by atoms with Gasteiger partial charge in [-0.05, 0) is 43.0 Å². The molecule has 0 bridgehead atoms. The molecule has 3 aromatic rings. The zero-order chi connectivity index (χ0) is 17.4. The summed E-state index contributed by atoms with van der Waals surface area (Å²) in [6, 6.07) is 15.1. The third-order valence-corrected chi connectivity index (χ3v) is 5.76. The minimum Gasteiger partial charge on any atom is -0.423 e. The number of sulfonamides is 1. The first kappa shape index (κ1) is 16.1. The minimum atomic E-state index is -3.76. The quantitative estimate of drug-likeness (QED) is 0.777. The number of oxazole rings is 1. The second kappa shape index (κ2) is 6.13. The van der Waals surface area contributed by atoms with E-state index < -0.39 is 10.0 Å². The van der Waals surface area contributed by atoms with Crippen LogP contribution >= 0.6 is 0 Å². The van der Waals surface area contributed by atoms with Gasteiger partial charge in [0.05, 0.1) is 6.20 Å². The van der Waals surface area contributed by atoms with Gasteiger partial charge in [-0.15, -0.1) is 0 Å². The lowest BCUT2D eigenvalue weighted by molar-refractivity contribution is 0.449. The zero-order valence-corrected chi connectivity index (χ0v) is 14.6. The van der Waals surface area contributed by atoms with Crippen LogP contribution < -0.4 is 4.72 Å². The van der Waals surface area contributed by atoms with Crippen molar-refractivity contribution in [2.45, 2.75) is 30.9 Å². The average molecular weight is 354 g/mol. The van der Waals surface area contributed by atoms with E-state index >= 15 is 0 Å². The number of aryl methyl sites for hydroxylation is 2. The van der Waals surface area contributed by atoms with E-state index in [2.05, 4.69) is 15.8 Å². The maximum absolute atomic E-state index is 12.7. The van der Waals surface area contributed by atoms with Gasteiger partial charge in [0.2, 0.25) is 5.89 Å². The van der Waals surface area contributed by atoms with Gasteiger partial charge in [-0.25, -0.2) is 18.1 Å². The topological polar surface area (TPSA) is 72.2 Å². The lowest BCUT2D eigenvalue weighted by Gasteiger charge is -2.13. The van der Waals surface area contributed by atoms with Crippen LogP contribution in [-0.2, 0) is 16.4 Å². The van der Waals surface area contributed by atoms with Gasteiger partial charge < -0.3 is 4.42 Å². The summed E-state index contributed by atoms with van der Waals surface area (Å²) < 4.78 is 33.6. The fraction of sp³-hybridized carbons (Fsp3) is 0.211. The molecule has 0 fully saturated rings. The van der Waals surface area contributed by atoms with Gasteiger partial charge in [0, 0.05) is 11.6 Å². The van der Waals surface area contributed by atoms with E-state index in [-0.39, 0.29) is 11.1 Å². The predicted molar refractivity (Wildman–Crippen MR) is 94.5 cm³/mol. The van der Waals surface area contributed by atoms with Crippen LogP contribution in [0.1, 0.15) is 29.2 Å². The molecule has 2 aromatic carbocycles. The van der Waals surface area contributed by atoms with Crippen LogP contribution in [0.5, 0.6) is 0 Å². The van der Waals surface area contributed by atoms with Gasteiger partial charge in [0.25, 0.3) is 15.1 Å². The van der Waals surface area contributed by atoms with Gasteiger partial charge in [0.15, 0.2) is 0 Å². The molecule has 1 atom stereocenters. The first-order valence-electron chi connectivity index (χ1n) is 8.16. The third kappa shape index (κ3) is 3.10. The molecule has 0 saturated carbocycles. The molecule has 0 radical (unpaired) electrons. The Morgan fingerprint density at radius 2 is 1.96 bits per heavy atom. The van der Waals surface area contributed by atoms with Crippen molar-refractivity contribution in [3.63, 3.8) is 0 Å². The summed E-state index contributed by atoms with van der Waals surface area (Å²) in [5.74, 6) is 0.295. The molecule has 1 unspecified atom stereocenters. The highest BCUT2D eigenvalue weighted by Crippen LogP contribution is 2.33. The molecule has 1 heterocycles. The second-order valence-electron chi connectivity index (χ2n) is 6.27. The van der Waals surface area contributed by atoms with Crippen molar-refractivity contribution in [3.8, 4) is 11.5 Å². The van der Waals surface area contributed by atoms with Gasteiger partial charge in [-0.2, -0.15) is 0 Å². The van der Waals surface area contributed by atoms with Crippen molar-refractivity contribution in [2.24, 2.45) is 0 Å². The smallest absolute Gasteiger partial charge is 0.276 e. The van der Waals surface area contributed by atoms with Crippen molar-refractivity contribution < 1.29 is 12.8 Å². The molecule has 0 aliphatic heterocycles. The monoisotopic (exact) mass is 354 g/mol. The van der Waals surface area contributed by atoms with Crippen molar-refractivity contribution in [1.82, 2.24) is 9.71 Å². The van der Waals surface area contributed by atoms with Gasteiger partial charge in [-0.3, -0.25) is 0 Å². The Hall–Kier alpha value is -2.44. The van der Waals surface area contributed by atoms with Crippen molar-refractivity contribution in [1.29, 1.82) is 0 Å². The number of hydrogen-bond acceptors (Lipinski definition) is 4. The summed E-state index contributed by atoms with van der Waals surface area (Å²) in [6.45, 7) is 2.04. The van der Waals surface area contributed by atoms with Gasteiger partial charge in [-0.1, -0.05) is 42.0 Å². The molecule has 1 aromatic heterocycles. The third-order valence-electron chi connectivity index (χ3n) is 4.44. The largest absolute Gasteiger partial charge is 0.423 e. The Balaban J connectivity index is 1.59. The minimum absolute atomic E-state index is 0.160. The van der Waals surface area contributed by atoms with E-state index in [9.17, 15) is 8.42 Å². The number of benzene rings is 2. The summed E-state index contributed by atoms with van der Waals surface area (Å²) in [5, 5.41) is -0.160. The molecule has 6 heteroatoms. The van der Waals surface area contributed by atoms with Gasteiger partial charge in [0.1, 0.15) is 0 Å². The second-order valence-corrected chi connectivity index (χ2v) is 7.91. The Kier molecular flexibility index (Phi) is 3.94. The number of fused-ring (bicyclic) bond motifs is 1. The number of nitrogens with one attached hydrogen (secondary N) is 1. The highest BCUT2D eigenvalue weighted by Gasteiger charge is 2.29. The molecule has 128 valence electrons. The summed E-state index contributed by atoms with van der Waals surface area (Å²) >= 11 is 0. The first-order valence-corrected chi connectivity index (χ1v) is 9.64. The molecule has 5 nitrogen and oxygen atoms in total. The Labute approximate surface area is 146 Å². The van der Waals surface area contributed by atoms with E-state index in [0.717, 1.165) is 24.0 Å². The van der Waals surface area contributed by atoms with Crippen molar-refractivity contribution >= 4 is 10.0 Å². The van der Waals surface area contributed by atoms with Crippen molar-refractivity contribution in [3.05, 3.63) is 71.4 Å². The highest BCUT2D eigenvalue weighted by atomic mass is 32.2. The Morgan fingerprint density at radius 3 is 2.76 bits per heavy atom. The van der Waals surface area contributed by atoms with Crippen LogP contribution in [0, 0.1) is 6.92 Å². The summed E-state index contributed by atoms with van der Waals surface area (Å²) in [6.07, 6.45) is 2.88. The fourth-order valence-corrected chi connectivity index (χ4v) is 4.33. The lowest BCUT2D eigenvalue weighted by Crippen LogP contribution is -2.27. The molecule has 0 saturated heterocycles.